The Kier molecular flexibility index (Phi) is 11.3. The summed E-state index contributed by atoms with van der Waals surface area (Å²) in [5.41, 5.74) is 7.25. The molecule has 1 aromatic carbocycles. The van der Waals surface area contributed by atoms with Crippen molar-refractivity contribution in [3.05, 3.63) is 29.8 Å². The lowest BCUT2D eigenvalue weighted by Crippen LogP contribution is -2.24. The number of unbranched alkanes of at least 4 members (excludes halogenated alkanes) is 1. The zero-order valence-corrected chi connectivity index (χ0v) is 13.9. The fourth-order valence-electron chi connectivity index (χ4n) is 1.66. The zero-order chi connectivity index (χ0) is 16.1. The Hall–Kier alpha value is -1.55. The maximum atomic E-state index is 11.1. The Morgan fingerprint density at radius 1 is 1.33 bits per heavy atom. The number of amides is 2. The van der Waals surface area contributed by atoms with Gasteiger partial charge in [0, 0.05) is 12.7 Å². The highest BCUT2D eigenvalue weighted by molar-refractivity contribution is 5.89. The molecule has 2 amide bonds. The topological polar surface area (TPSA) is 67.1 Å². The van der Waals surface area contributed by atoms with Gasteiger partial charge in [0.15, 0.2) is 0 Å². The van der Waals surface area contributed by atoms with Crippen molar-refractivity contribution in [2.24, 2.45) is 11.7 Å². The molecule has 21 heavy (non-hydrogen) atoms. The van der Waals surface area contributed by atoms with Crippen LogP contribution < -0.4 is 16.4 Å². The number of hydrogen-bond donors (Lipinski definition) is 3. The van der Waals surface area contributed by atoms with Crippen LogP contribution in [0.3, 0.4) is 0 Å². The largest absolute Gasteiger partial charge is 0.341 e. The van der Waals surface area contributed by atoms with Gasteiger partial charge in [0.05, 0.1) is 0 Å². The maximum absolute atomic E-state index is 11.1. The number of nitrogens with two attached hydrogens (primary N) is 1. The molecule has 1 rings (SSSR count). The van der Waals surface area contributed by atoms with Crippen molar-refractivity contribution < 1.29 is 4.79 Å². The molecule has 0 radical (unpaired) electrons. The molecule has 0 aromatic heterocycles. The minimum Gasteiger partial charge on any atom is -0.341 e. The Labute approximate surface area is 129 Å². The first-order valence-electron chi connectivity index (χ1n) is 7.81. The van der Waals surface area contributed by atoms with Gasteiger partial charge in [0.1, 0.15) is 0 Å². The van der Waals surface area contributed by atoms with Crippen molar-refractivity contribution in [2.45, 2.75) is 46.5 Å². The molecule has 0 aliphatic carbocycles. The van der Waals surface area contributed by atoms with Crippen molar-refractivity contribution in [3.8, 4) is 0 Å². The van der Waals surface area contributed by atoms with Crippen molar-refractivity contribution in [2.75, 3.05) is 18.9 Å². The van der Waals surface area contributed by atoms with Crippen LogP contribution in [-0.2, 0) is 6.42 Å². The molecular formula is C17H31N3O. The normalized spacial score (nSPS) is 9.81. The van der Waals surface area contributed by atoms with Crippen LogP contribution in [0.15, 0.2) is 24.3 Å². The van der Waals surface area contributed by atoms with E-state index < -0.39 is 0 Å². The number of anilines is 1. The van der Waals surface area contributed by atoms with Crippen LogP contribution in [0.1, 0.15) is 45.6 Å². The summed E-state index contributed by atoms with van der Waals surface area (Å²) in [7, 11) is 1.61. The monoisotopic (exact) mass is 293 g/mol. The van der Waals surface area contributed by atoms with E-state index in [9.17, 15) is 4.79 Å². The lowest BCUT2D eigenvalue weighted by Gasteiger charge is -2.08. The van der Waals surface area contributed by atoms with Gasteiger partial charge in [0.2, 0.25) is 0 Å². The third-order valence-electron chi connectivity index (χ3n) is 2.98. The molecule has 4 heteroatoms. The smallest absolute Gasteiger partial charge is 0.318 e. The van der Waals surface area contributed by atoms with Gasteiger partial charge in [0.25, 0.3) is 0 Å². The van der Waals surface area contributed by atoms with Crippen LogP contribution in [0, 0.1) is 5.92 Å². The van der Waals surface area contributed by atoms with Crippen LogP contribution in [0.25, 0.3) is 0 Å². The molecule has 0 aliphatic rings. The summed E-state index contributed by atoms with van der Waals surface area (Å²) in [4.78, 5) is 11.1. The molecule has 4 N–H and O–H groups in total. The van der Waals surface area contributed by atoms with E-state index in [0.29, 0.717) is 5.92 Å². The van der Waals surface area contributed by atoms with Crippen LogP contribution >= 0.6 is 0 Å². The minimum atomic E-state index is -0.180. The predicted molar refractivity (Wildman–Crippen MR) is 91.6 cm³/mol. The number of carbonyl (C=O) groups excluding carboxylic acids is 1. The first kappa shape index (κ1) is 19.4. The molecule has 0 atom stereocenters. The molecule has 1 aromatic rings. The number of carbonyl (C=O) groups is 1. The highest BCUT2D eigenvalue weighted by atomic mass is 16.2. The van der Waals surface area contributed by atoms with Gasteiger partial charge in [-0.15, -0.1) is 0 Å². The molecule has 0 bridgehead atoms. The summed E-state index contributed by atoms with van der Waals surface area (Å²) in [6, 6.07) is 7.81. The fourth-order valence-corrected chi connectivity index (χ4v) is 1.66. The summed E-state index contributed by atoms with van der Waals surface area (Å²) in [6.07, 6.45) is 4.61. The van der Waals surface area contributed by atoms with E-state index in [-0.39, 0.29) is 6.03 Å². The third-order valence-corrected chi connectivity index (χ3v) is 2.98. The Balaban J connectivity index is 0.000000690. The van der Waals surface area contributed by atoms with Gasteiger partial charge in [-0.1, -0.05) is 39.3 Å². The number of aryl methyl sites for hydroxylation is 1. The zero-order valence-electron chi connectivity index (χ0n) is 13.9. The van der Waals surface area contributed by atoms with Gasteiger partial charge in [-0.2, -0.15) is 0 Å². The van der Waals surface area contributed by atoms with Gasteiger partial charge in [-0.3, -0.25) is 0 Å². The standard InChI is InChI=1S/C13H20N2O.C4H11N/c1-10(2)7-8-11-5-4-6-12(9-11)15-13(16)14-3;1-2-3-4-5/h4-6,9-10H,7-8H2,1-3H3,(H2,14,15,16);2-5H2,1H3. The Morgan fingerprint density at radius 2 is 2.05 bits per heavy atom. The summed E-state index contributed by atoms with van der Waals surface area (Å²) in [5.74, 6) is 0.704. The predicted octanol–water partition coefficient (Wildman–Crippen LogP) is 3.77. The lowest BCUT2D eigenvalue weighted by atomic mass is 10.0. The molecule has 0 aliphatic heterocycles. The van der Waals surface area contributed by atoms with Gasteiger partial charge in [-0.05, 0) is 49.4 Å². The van der Waals surface area contributed by atoms with E-state index in [2.05, 4.69) is 37.5 Å². The van der Waals surface area contributed by atoms with Crippen molar-refractivity contribution >= 4 is 11.7 Å². The number of hydrogen-bond acceptors (Lipinski definition) is 2. The second-order valence-corrected chi connectivity index (χ2v) is 5.48. The Bertz CT molecular complexity index is 389. The second kappa shape index (κ2) is 12.2. The van der Waals surface area contributed by atoms with E-state index in [4.69, 9.17) is 5.73 Å². The third kappa shape index (κ3) is 10.9. The SMILES string of the molecule is CCCCN.CNC(=O)Nc1cccc(CCC(C)C)c1. The van der Waals surface area contributed by atoms with Crippen LogP contribution in [0.5, 0.6) is 0 Å². The Morgan fingerprint density at radius 3 is 2.52 bits per heavy atom. The molecule has 0 fully saturated rings. The minimum absolute atomic E-state index is 0.180. The number of rotatable bonds is 6. The van der Waals surface area contributed by atoms with Crippen molar-refractivity contribution in [3.63, 3.8) is 0 Å². The molecule has 0 saturated heterocycles. The fraction of sp³-hybridized carbons (Fsp3) is 0.588. The molecule has 0 heterocycles. The van der Waals surface area contributed by atoms with E-state index in [1.807, 2.05) is 18.2 Å². The van der Waals surface area contributed by atoms with Gasteiger partial charge < -0.3 is 16.4 Å². The quantitative estimate of drug-likeness (QED) is 0.747. The van der Waals surface area contributed by atoms with Crippen LogP contribution in [0.4, 0.5) is 10.5 Å². The molecule has 0 unspecified atom stereocenters. The van der Waals surface area contributed by atoms with Gasteiger partial charge >= 0.3 is 6.03 Å². The van der Waals surface area contributed by atoms with E-state index in [1.165, 1.54) is 24.8 Å². The first-order chi connectivity index (χ1) is 10.0. The average molecular weight is 293 g/mol. The molecule has 4 nitrogen and oxygen atoms in total. The summed E-state index contributed by atoms with van der Waals surface area (Å²) in [6.45, 7) is 7.41. The average Bonchev–Trinajstić information content (AvgIpc) is 2.47. The maximum Gasteiger partial charge on any atom is 0.318 e. The van der Waals surface area contributed by atoms with Crippen molar-refractivity contribution in [1.82, 2.24) is 5.32 Å². The summed E-state index contributed by atoms with van der Waals surface area (Å²) >= 11 is 0. The van der Waals surface area contributed by atoms with Gasteiger partial charge in [-0.25, -0.2) is 4.79 Å². The van der Waals surface area contributed by atoms with E-state index in [0.717, 1.165) is 18.7 Å². The summed E-state index contributed by atoms with van der Waals surface area (Å²) < 4.78 is 0. The highest BCUT2D eigenvalue weighted by Gasteiger charge is 2.01. The molecular weight excluding hydrogens is 262 g/mol. The highest BCUT2D eigenvalue weighted by Crippen LogP contribution is 2.14. The van der Waals surface area contributed by atoms with Crippen molar-refractivity contribution in [1.29, 1.82) is 0 Å². The molecule has 0 spiro atoms. The lowest BCUT2D eigenvalue weighted by molar-refractivity contribution is 0.254. The molecule has 120 valence electrons. The van der Waals surface area contributed by atoms with Crippen LogP contribution in [0.2, 0.25) is 0 Å². The summed E-state index contributed by atoms with van der Waals surface area (Å²) in [5, 5.41) is 5.30. The number of benzene rings is 1. The number of nitrogens with one attached hydrogen (secondary N) is 2. The number of urea groups is 1. The first-order valence-corrected chi connectivity index (χ1v) is 7.81. The molecule has 0 saturated carbocycles. The van der Waals surface area contributed by atoms with E-state index in [1.54, 1.807) is 7.05 Å². The van der Waals surface area contributed by atoms with Crippen LogP contribution in [-0.4, -0.2) is 19.6 Å². The second-order valence-electron chi connectivity index (χ2n) is 5.48. The van der Waals surface area contributed by atoms with E-state index >= 15 is 0 Å².